The largest absolute Gasteiger partial charge is 0.314 e. The van der Waals surface area contributed by atoms with Gasteiger partial charge in [-0.3, -0.25) is 0 Å². The molecular formula is C9H17N5O2S. The minimum Gasteiger partial charge on any atom is -0.314 e. The van der Waals surface area contributed by atoms with Crippen LogP contribution in [0.25, 0.3) is 0 Å². The van der Waals surface area contributed by atoms with Gasteiger partial charge in [0.25, 0.3) is 5.95 Å². The van der Waals surface area contributed by atoms with E-state index in [1.54, 1.807) is 0 Å². The fourth-order valence-corrected chi connectivity index (χ4v) is 2.14. The summed E-state index contributed by atoms with van der Waals surface area (Å²) in [6, 6.07) is 0.354. The van der Waals surface area contributed by atoms with Crippen molar-refractivity contribution in [3.63, 3.8) is 0 Å². The number of hydrogen-bond donors (Lipinski definition) is 2. The molecule has 1 heterocycles. The summed E-state index contributed by atoms with van der Waals surface area (Å²) in [6.07, 6.45) is 3.29. The molecule has 0 aliphatic heterocycles. The van der Waals surface area contributed by atoms with Gasteiger partial charge < -0.3 is 5.32 Å². The first-order chi connectivity index (χ1) is 7.99. The monoisotopic (exact) mass is 259 g/mol. The Labute approximate surface area is 101 Å². The minimum absolute atomic E-state index is 0.00400. The van der Waals surface area contributed by atoms with Crippen molar-refractivity contribution in [2.45, 2.75) is 26.3 Å². The number of anilines is 1. The van der Waals surface area contributed by atoms with Crippen molar-refractivity contribution in [2.75, 3.05) is 17.0 Å². The van der Waals surface area contributed by atoms with Gasteiger partial charge in [-0.25, -0.2) is 18.1 Å². The van der Waals surface area contributed by atoms with E-state index in [0.717, 1.165) is 0 Å². The Morgan fingerprint density at radius 3 is 2.71 bits per heavy atom. The lowest BCUT2D eigenvalue weighted by Crippen LogP contribution is -2.27. The third kappa shape index (κ3) is 6.12. The molecule has 1 aromatic rings. The van der Waals surface area contributed by atoms with E-state index in [-0.39, 0.29) is 11.7 Å². The van der Waals surface area contributed by atoms with Crippen LogP contribution in [0, 0.1) is 0 Å². The van der Waals surface area contributed by atoms with Gasteiger partial charge in [0.1, 0.15) is 0 Å². The minimum atomic E-state index is -3.39. The van der Waals surface area contributed by atoms with E-state index in [4.69, 9.17) is 0 Å². The Hall–Kier alpha value is -1.28. The number of sulfonamides is 1. The van der Waals surface area contributed by atoms with Gasteiger partial charge >= 0.3 is 0 Å². The lowest BCUT2D eigenvalue weighted by molar-refractivity contribution is 0.570. The molecule has 96 valence electrons. The van der Waals surface area contributed by atoms with Crippen molar-refractivity contribution in [3.8, 4) is 0 Å². The normalized spacial score (nSPS) is 11.7. The lowest BCUT2D eigenvalue weighted by atomic mass is 10.4. The molecule has 0 fully saturated rings. The molecule has 0 bridgehead atoms. The molecule has 1 rings (SSSR count). The molecule has 0 saturated carbocycles. The van der Waals surface area contributed by atoms with Gasteiger partial charge in [-0.1, -0.05) is 13.8 Å². The number of aromatic nitrogens is 3. The van der Waals surface area contributed by atoms with Gasteiger partial charge in [0, 0.05) is 6.04 Å². The smallest absolute Gasteiger partial charge is 0.256 e. The van der Waals surface area contributed by atoms with Crippen molar-refractivity contribution >= 4 is 16.0 Å². The Morgan fingerprint density at radius 2 is 2.12 bits per heavy atom. The molecule has 0 aliphatic rings. The van der Waals surface area contributed by atoms with Gasteiger partial charge in [0.05, 0.1) is 18.1 Å². The third-order valence-corrected chi connectivity index (χ3v) is 3.19. The van der Waals surface area contributed by atoms with E-state index >= 15 is 0 Å². The summed E-state index contributed by atoms with van der Waals surface area (Å²) >= 11 is 0. The van der Waals surface area contributed by atoms with E-state index < -0.39 is 10.0 Å². The molecule has 17 heavy (non-hydrogen) atoms. The fourth-order valence-electron chi connectivity index (χ4n) is 1.14. The van der Waals surface area contributed by atoms with Crippen molar-refractivity contribution < 1.29 is 8.42 Å². The highest BCUT2D eigenvalue weighted by Gasteiger charge is 2.11. The number of nitrogens with zero attached hydrogens (tertiary/aromatic N) is 3. The molecule has 0 atom stereocenters. The standard InChI is InChI=1S/C9H17N5O2S/c1-8(2)10-4-3-7-17(15,16)14-9-11-5-6-12-13-9/h5-6,8,10H,3-4,7H2,1-2H3,(H,11,13,14). The summed E-state index contributed by atoms with van der Waals surface area (Å²) in [5.74, 6) is 0.0367. The summed E-state index contributed by atoms with van der Waals surface area (Å²) in [6.45, 7) is 4.68. The van der Waals surface area contributed by atoms with Gasteiger partial charge in [0.2, 0.25) is 10.0 Å². The second-order valence-corrected chi connectivity index (χ2v) is 5.69. The SMILES string of the molecule is CC(C)NCCCS(=O)(=O)Nc1nccnn1. The van der Waals surface area contributed by atoms with E-state index in [2.05, 4.69) is 25.2 Å². The molecular weight excluding hydrogens is 242 g/mol. The van der Waals surface area contributed by atoms with Gasteiger partial charge in [0.15, 0.2) is 0 Å². The fraction of sp³-hybridized carbons (Fsp3) is 0.667. The van der Waals surface area contributed by atoms with Crippen LogP contribution in [0.3, 0.4) is 0 Å². The van der Waals surface area contributed by atoms with Crippen molar-refractivity contribution in [3.05, 3.63) is 12.4 Å². The average molecular weight is 259 g/mol. The van der Waals surface area contributed by atoms with Crippen LogP contribution in [-0.4, -0.2) is 41.9 Å². The number of hydrogen-bond acceptors (Lipinski definition) is 6. The zero-order valence-electron chi connectivity index (χ0n) is 9.92. The molecule has 0 aromatic carbocycles. The van der Waals surface area contributed by atoms with E-state index in [1.807, 2.05) is 13.8 Å². The van der Waals surface area contributed by atoms with Crippen LogP contribution in [0.4, 0.5) is 5.95 Å². The first kappa shape index (κ1) is 13.8. The predicted molar refractivity (Wildman–Crippen MR) is 65.0 cm³/mol. The zero-order chi connectivity index (χ0) is 12.7. The molecule has 0 aliphatic carbocycles. The van der Waals surface area contributed by atoms with Crippen LogP contribution in [0.15, 0.2) is 12.4 Å². The summed E-state index contributed by atoms with van der Waals surface area (Å²) in [7, 11) is -3.39. The predicted octanol–water partition coefficient (Wildman–Crippen LogP) is 0.00140. The number of rotatable bonds is 7. The maximum atomic E-state index is 11.6. The summed E-state index contributed by atoms with van der Waals surface area (Å²) in [5.41, 5.74) is 0. The Bertz CT molecular complexity index is 420. The summed E-state index contributed by atoms with van der Waals surface area (Å²) in [5, 5.41) is 10.2. The van der Waals surface area contributed by atoms with Gasteiger partial charge in [-0.2, -0.15) is 5.10 Å². The van der Waals surface area contributed by atoms with Gasteiger partial charge in [-0.05, 0) is 13.0 Å². The average Bonchev–Trinajstić information content (AvgIpc) is 2.25. The maximum Gasteiger partial charge on any atom is 0.256 e. The second kappa shape index (κ2) is 6.45. The summed E-state index contributed by atoms with van der Waals surface area (Å²) in [4.78, 5) is 3.74. The Kier molecular flexibility index (Phi) is 5.23. The lowest BCUT2D eigenvalue weighted by Gasteiger charge is -2.08. The number of nitrogens with one attached hydrogen (secondary N) is 2. The van der Waals surface area contributed by atoms with E-state index in [9.17, 15) is 8.42 Å². The quantitative estimate of drug-likeness (QED) is 0.669. The van der Waals surface area contributed by atoms with Crippen molar-refractivity contribution in [1.82, 2.24) is 20.5 Å². The molecule has 7 nitrogen and oxygen atoms in total. The molecule has 2 N–H and O–H groups in total. The van der Waals surface area contributed by atoms with Crippen LogP contribution >= 0.6 is 0 Å². The molecule has 0 unspecified atom stereocenters. The third-order valence-electron chi connectivity index (χ3n) is 1.87. The Morgan fingerprint density at radius 1 is 1.35 bits per heavy atom. The highest BCUT2D eigenvalue weighted by atomic mass is 32.2. The summed E-state index contributed by atoms with van der Waals surface area (Å²) < 4.78 is 25.5. The van der Waals surface area contributed by atoms with Crippen molar-refractivity contribution in [2.24, 2.45) is 0 Å². The van der Waals surface area contributed by atoms with E-state index in [0.29, 0.717) is 19.0 Å². The first-order valence-corrected chi connectivity index (χ1v) is 7.02. The second-order valence-electron chi connectivity index (χ2n) is 3.85. The van der Waals surface area contributed by atoms with Crippen LogP contribution in [-0.2, 0) is 10.0 Å². The molecule has 8 heteroatoms. The first-order valence-electron chi connectivity index (χ1n) is 5.37. The van der Waals surface area contributed by atoms with Crippen LogP contribution < -0.4 is 10.0 Å². The highest BCUT2D eigenvalue weighted by Crippen LogP contribution is 1.99. The van der Waals surface area contributed by atoms with E-state index in [1.165, 1.54) is 12.4 Å². The molecule has 0 radical (unpaired) electrons. The molecule has 1 aromatic heterocycles. The van der Waals surface area contributed by atoms with Crippen molar-refractivity contribution in [1.29, 1.82) is 0 Å². The highest BCUT2D eigenvalue weighted by molar-refractivity contribution is 7.92. The topological polar surface area (TPSA) is 96.9 Å². The molecule has 0 amide bonds. The van der Waals surface area contributed by atoms with Crippen LogP contribution in [0.1, 0.15) is 20.3 Å². The van der Waals surface area contributed by atoms with Gasteiger partial charge in [-0.15, -0.1) is 5.10 Å². The molecule has 0 spiro atoms. The van der Waals surface area contributed by atoms with Crippen LogP contribution in [0.5, 0.6) is 0 Å². The Balaban J connectivity index is 2.37. The molecule has 0 saturated heterocycles. The zero-order valence-corrected chi connectivity index (χ0v) is 10.7. The maximum absolute atomic E-state index is 11.6. The van der Waals surface area contributed by atoms with Crippen LogP contribution in [0.2, 0.25) is 0 Å².